The molecule has 0 saturated heterocycles. The number of nitrogens with zero attached hydrogens (tertiary/aromatic N) is 2. The van der Waals surface area contributed by atoms with Crippen LogP contribution in [0.25, 0.3) is 0 Å². The molecule has 1 aromatic heterocycles. The first kappa shape index (κ1) is 13.8. The van der Waals surface area contributed by atoms with Crippen LogP contribution in [-0.2, 0) is 6.54 Å². The van der Waals surface area contributed by atoms with Crippen LogP contribution in [0.4, 0.5) is 4.39 Å². The molecule has 0 amide bonds. The Morgan fingerprint density at radius 1 is 1.37 bits per heavy atom. The second-order valence-electron chi connectivity index (χ2n) is 4.16. The molecule has 0 saturated carbocycles. The Balaban J connectivity index is 1.91. The third-order valence-corrected chi connectivity index (χ3v) is 3.60. The van der Waals surface area contributed by atoms with Gasteiger partial charge in [0.15, 0.2) is 5.78 Å². The lowest BCUT2D eigenvalue weighted by Crippen LogP contribution is -2.01. The molecule has 0 spiro atoms. The molecule has 0 bridgehead atoms. The van der Waals surface area contributed by atoms with Gasteiger partial charge in [0.2, 0.25) is 0 Å². The average Bonchev–Trinajstić information content (AvgIpc) is 2.87. The van der Waals surface area contributed by atoms with Gasteiger partial charge in [0, 0.05) is 17.6 Å². The largest absolute Gasteiger partial charge is 0.293 e. The van der Waals surface area contributed by atoms with Gasteiger partial charge in [-0.2, -0.15) is 5.10 Å². The number of hydrogen-bond acceptors (Lipinski definition) is 3. The fourth-order valence-corrected chi connectivity index (χ4v) is 2.41. The van der Waals surface area contributed by atoms with Gasteiger partial charge in [0.05, 0.1) is 17.5 Å². The molecule has 100 valence electrons. The van der Waals surface area contributed by atoms with Crippen LogP contribution >= 0.6 is 11.8 Å². The number of aryl methyl sites for hydroxylation is 1. The number of rotatable bonds is 6. The molecule has 2 rings (SSSR count). The lowest BCUT2D eigenvalue weighted by Gasteiger charge is -2.00. The summed E-state index contributed by atoms with van der Waals surface area (Å²) >= 11 is 1.40. The molecule has 0 aliphatic heterocycles. The molecule has 0 atom stereocenters. The Morgan fingerprint density at radius 3 is 2.79 bits per heavy atom. The average molecular weight is 278 g/mol. The number of hydrogen-bond donors (Lipinski definition) is 0. The van der Waals surface area contributed by atoms with E-state index in [1.165, 1.54) is 23.9 Å². The van der Waals surface area contributed by atoms with Gasteiger partial charge in [0.25, 0.3) is 0 Å². The van der Waals surface area contributed by atoms with Gasteiger partial charge in [-0.3, -0.25) is 9.48 Å². The van der Waals surface area contributed by atoms with Crippen LogP contribution in [0.3, 0.4) is 0 Å². The van der Waals surface area contributed by atoms with E-state index in [1.807, 2.05) is 0 Å². The summed E-state index contributed by atoms with van der Waals surface area (Å²) in [5.41, 5.74) is 0.628. The van der Waals surface area contributed by atoms with Gasteiger partial charge in [-0.1, -0.05) is 6.92 Å². The van der Waals surface area contributed by atoms with E-state index in [4.69, 9.17) is 0 Å². The van der Waals surface area contributed by atoms with Crippen molar-refractivity contribution in [2.45, 2.75) is 24.8 Å². The number of benzene rings is 1. The highest BCUT2D eigenvalue weighted by Crippen LogP contribution is 2.19. The fraction of sp³-hybridized carbons (Fsp3) is 0.286. The standard InChI is InChI=1S/C14H15FN2OS/c1-2-7-17-9-11(8-16-17)14(18)10-19-13-5-3-12(15)4-6-13/h3-6,8-9H,2,7,10H2,1H3. The van der Waals surface area contributed by atoms with E-state index in [0.717, 1.165) is 17.9 Å². The monoisotopic (exact) mass is 278 g/mol. The van der Waals surface area contributed by atoms with Crippen molar-refractivity contribution in [3.05, 3.63) is 48.0 Å². The van der Waals surface area contributed by atoms with Gasteiger partial charge < -0.3 is 0 Å². The van der Waals surface area contributed by atoms with Crippen LogP contribution in [0.5, 0.6) is 0 Å². The van der Waals surface area contributed by atoms with Crippen molar-refractivity contribution in [2.75, 3.05) is 5.75 Å². The van der Waals surface area contributed by atoms with E-state index in [0.29, 0.717) is 11.3 Å². The first-order chi connectivity index (χ1) is 9.19. The minimum absolute atomic E-state index is 0.0386. The molecule has 5 heteroatoms. The molecule has 2 aromatic rings. The maximum absolute atomic E-state index is 12.7. The van der Waals surface area contributed by atoms with Gasteiger partial charge >= 0.3 is 0 Å². The maximum Gasteiger partial charge on any atom is 0.176 e. The first-order valence-corrected chi connectivity index (χ1v) is 7.11. The van der Waals surface area contributed by atoms with Crippen LogP contribution in [-0.4, -0.2) is 21.3 Å². The van der Waals surface area contributed by atoms with Crippen LogP contribution < -0.4 is 0 Å². The minimum atomic E-state index is -0.267. The van der Waals surface area contributed by atoms with Gasteiger partial charge in [0.1, 0.15) is 5.82 Å². The summed E-state index contributed by atoms with van der Waals surface area (Å²) in [7, 11) is 0. The number of halogens is 1. The number of thioether (sulfide) groups is 1. The Hall–Kier alpha value is -1.62. The maximum atomic E-state index is 12.7. The zero-order chi connectivity index (χ0) is 13.7. The van der Waals surface area contributed by atoms with E-state index in [1.54, 1.807) is 29.2 Å². The van der Waals surface area contributed by atoms with Crippen molar-refractivity contribution in [2.24, 2.45) is 0 Å². The summed E-state index contributed by atoms with van der Waals surface area (Å²) in [6.07, 6.45) is 4.36. The predicted molar refractivity (Wildman–Crippen MR) is 74.0 cm³/mol. The predicted octanol–water partition coefficient (Wildman–Crippen LogP) is 3.41. The van der Waals surface area contributed by atoms with Crippen LogP contribution in [0.15, 0.2) is 41.6 Å². The van der Waals surface area contributed by atoms with E-state index < -0.39 is 0 Å². The van der Waals surface area contributed by atoms with Gasteiger partial charge in [-0.25, -0.2) is 4.39 Å². The molecule has 1 aromatic carbocycles. The third-order valence-electron chi connectivity index (χ3n) is 2.59. The lowest BCUT2D eigenvalue weighted by atomic mass is 10.3. The highest BCUT2D eigenvalue weighted by Gasteiger charge is 2.09. The molecular formula is C14H15FN2OS. The molecule has 0 N–H and O–H groups in total. The van der Waals surface area contributed by atoms with Crippen molar-refractivity contribution in [1.29, 1.82) is 0 Å². The van der Waals surface area contributed by atoms with Crippen LogP contribution in [0.2, 0.25) is 0 Å². The van der Waals surface area contributed by atoms with Crippen LogP contribution in [0.1, 0.15) is 23.7 Å². The van der Waals surface area contributed by atoms with Crippen molar-refractivity contribution < 1.29 is 9.18 Å². The summed E-state index contributed by atoms with van der Waals surface area (Å²) in [6, 6.07) is 6.14. The minimum Gasteiger partial charge on any atom is -0.293 e. The van der Waals surface area contributed by atoms with E-state index in [9.17, 15) is 9.18 Å². The van der Waals surface area contributed by atoms with Crippen molar-refractivity contribution in [3.63, 3.8) is 0 Å². The van der Waals surface area contributed by atoms with Crippen molar-refractivity contribution in [3.8, 4) is 0 Å². The third kappa shape index (κ3) is 3.92. The van der Waals surface area contributed by atoms with Gasteiger partial charge in [-0.15, -0.1) is 11.8 Å². The lowest BCUT2D eigenvalue weighted by molar-refractivity contribution is 0.102. The number of carbonyl (C=O) groups excluding carboxylic acids is 1. The smallest absolute Gasteiger partial charge is 0.176 e. The zero-order valence-corrected chi connectivity index (χ0v) is 11.5. The molecule has 0 radical (unpaired) electrons. The summed E-state index contributed by atoms with van der Waals surface area (Å²) in [5.74, 6) is 0.108. The van der Waals surface area contributed by atoms with Gasteiger partial charge in [-0.05, 0) is 30.7 Å². The molecule has 0 fully saturated rings. The van der Waals surface area contributed by atoms with E-state index in [-0.39, 0.29) is 11.6 Å². The van der Waals surface area contributed by atoms with Crippen molar-refractivity contribution in [1.82, 2.24) is 9.78 Å². The summed E-state index contributed by atoms with van der Waals surface area (Å²) < 4.78 is 14.5. The highest BCUT2D eigenvalue weighted by atomic mass is 32.2. The second-order valence-corrected chi connectivity index (χ2v) is 5.21. The second kappa shape index (κ2) is 6.52. The summed E-state index contributed by atoms with van der Waals surface area (Å²) in [4.78, 5) is 12.8. The number of Topliss-reactive ketones (excluding diaryl/α,β-unsaturated/α-hetero) is 1. The molecule has 1 heterocycles. The van der Waals surface area contributed by atoms with Crippen LogP contribution in [0, 0.1) is 5.82 Å². The Morgan fingerprint density at radius 2 is 2.11 bits per heavy atom. The molecule has 19 heavy (non-hydrogen) atoms. The molecular weight excluding hydrogens is 263 g/mol. The quantitative estimate of drug-likeness (QED) is 0.600. The van der Waals surface area contributed by atoms with Crippen molar-refractivity contribution >= 4 is 17.5 Å². The van der Waals surface area contributed by atoms with E-state index in [2.05, 4.69) is 12.0 Å². The highest BCUT2D eigenvalue weighted by molar-refractivity contribution is 8.00. The summed E-state index contributed by atoms with van der Waals surface area (Å²) in [5, 5.41) is 4.13. The summed E-state index contributed by atoms with van der Waals surface area (Å²) in [6.45, 7) is 2.88. The number of aromatic nitrogens is 2. The Bertz CT molecular complexity index is 551. The fourth-order valence-electron chi connectivity index (χ4n) is 1.62. The Kier molecular flexibility index (Phi) is 4.74. The molecule has 0 unspecified atom stereocenters. The molecule has 0 aliphatic carbocycles. The molecule has 3 nitrogen and oxygen atoms in total. The number of carbonyl (C=O) groups is 1. The first-order valence-electron chi connectivity index (χ1n) is 6.13. The normalized spacial score (nSPS) is 10.6. The topological polar surface area (TPSA) is 34.9 Å². The van der Waals surface area contributed by atoms with E-state index >= 15 is 0 Å². The zero-order valence-electron chi connectivity index (χ0n) is 10.7. The number of ketones is 1. The Labute approximate surface area is 115 Å². The SMILES string of the molecule is CCCn1cc(C(=O)CSc2ccc(F)cc2)cn1. The molecule has 0 aliphatic rings.